The predicted molar refractivity (Wildman–Crippen MR) is 71.3 cm³/mol. The summed E-state index contributed by atoms with van der Waals surface area (Å²) >= 11 is 6.15. The Kier molecular flexibility index (Phi) is 4.25. The van der Waals surface area contributed by atoms with Crippen molar-refractivity contribution in [2.24, 2.45) is 5.73 Å². The van der Waals surface area contributed by atoms with Gasteiger partial charge in [-0.3, -0.25) is 0 Å². The van der Waals surface area contributed by atoms with E-state index in [2.05, 4.69) is 0 Å². The standard InChI is InChI=1S/C14H19ClFNO/c1-18-8-11-12(15)6-10(7-13(11)16)14(9-17)4-2-3-5-14/h6-7H,2-5,8-9,17H2,1H3. The van der Waals surface area contributed by atoms with E-state index in [-0.39, 0.29) is 17.8 Å². The lowest BCUT2D eigenvalue weighted by Crippen LogP contribution is -2.32. The fraction of sp³-hybridized carbons (Fsp3) is 0.571. The molecule has 0 amide bonds. The van der Waals surface area contributed by atoms with Crippen LogP contribution in [0, 0.1) is 5.82 Å². The third kappa shape index (κ3) is 2.40. The maximum absolute atomic E-state index is 14.1. The van der Waals surface area contributed by atoms with E-state index in [1.165, 1.54) is 7.11 Å². The van der Waals surface area contributed by atoms with Gasteiger partial charge in [-0.1, -0.05) is 24.4 Å². The Morgan fingerprint density at radius 3 is 2.56 bits per heavy atom. The molecule has 0 unspecified atom stereocenters. The minimum atomic E-state index is -0.293. The van der Waals surface area contributed by atoms with Crippen molar-refractivity contribution in [2.45, 2.75) is 37.7 Å². The Bertz CT molecular complexity index is 407. The second-order valence-electron chi connectivity index (χ2n) is 5.04. The van der Waals surface area contributed by atoms with Gasteiger partial charge in [0.25, 0.3) is 0 Å². The molecule has 1 saturated carbocycles. The molecule has 100 valence electrons. The van der Waals surface area contributed by atoms with Crippen LogP contribution in [0.4, 0.5) is 4.39 Å². The number of hydrogen-bond acceptors (Lipinski definition) is 2. The van der Waals surface area contributed by atoms with Crippen LogP contribution in [0.5, 0.6) is 0 Å². The molecule has 2 N–H and O–H groups in total. The van der Waals surface area contributed by atoms with E-state index in [1.54, 1.807) is 6.07 Å². The predicted octanol–water partition coefficient (Wildman–Crippen LogP) is 3.40. The molecule has 1 aromatic carbocycles. The lowest BCUT2D eigenvalue weighted by atomic mass is 9.78. The van der Waals surface area contributed by atoms with Gasteiger partial charge < -0.3 is 10.5 Å². The highest BCUT2D eigenvalue weighted by molar-refractivity contribution is 6.31. The Balaban J connectivity index is 2.40. The number of halogens is 2. The van der Waals surface area contributed by atoms with E-state index in [0.29, 0.717) is 17.1 Å². The van der Waals surface area contributed by atoms with Gasteiger partial charge in [0.2, 0.25) is 0 Å². The quantitative estimate of drug-likeness (QED) is 0.911. The largest absolute Gasteiger partial charge is 0.380 e. The van der Waals surface area contributed by atoms with Crippen molar-refractivity contribution in [3.8, 4) is 0 Å². The molecule has 0 radical (unpaired) electrons. The molecule has 1 aromatic rings. The zero-order chi connectivity index (χ0) is 13.2. The summed E-state index contributed by atoms with van der Waals surface area (Å²) < 4.78 is 19.0. The number of nitrogens with two attached hydrogens (primary N) is 1. The maximum atomic E-state index is 14.1. The van der Waals surface area contributed by atoms with Gasteiger partial charge in [-0.15, -0.1) is 0 Å². The molecule has 18 heavy (non-hydrogen) atoms. The normalized spacial score (nSPS) is 18.2. The van der Waals surface area contributed by atoms with Crippen LogP contribution in [-0.4, -0.2) is 13.7 Å². The van der Waals surface area contributed by atoms with Gasteiger partial charge in [0.1, 0.15) is 5.82 Å². The molecule has 2 nitrogen and oxygen atoms in total. The summed E-state index contributed by atoms with van der Waals surface area (Å²) in [5, 5.41) is 0.437. The molecule has 0 spiro atoms. The summed E-state index contributed by atoms with van der Waals surface area (Å²) in [4.78, 5) is 0. The first-order valence-electron chi connectivity index (χ1n) is 6.30. The summed E-state index contributed by atoms with van der Waals surface area (Å²) in [6.07, 6.45) is 4.33. The zero-order valence-electron chi connectivity index (χ0n) is 10.6. The van der Waals surface area contributed by atoms with Gasteiger partial charge in [0.05, 0.1) is 6.61 Å². The highest BCUT2D eigenvalue weighted by Gasteiger charge is 2.35. The second-order valence-corrected chi connectivity index (χ2v) is 5.45. The summed E-state index contributed by atoms with van der Waals surface area (Å²) in [6.45, 7) is 0.743. The summed E-state index contributed by atoms with van der Waals surface area (Å²) in [6, 6.07) is 3.44. The second kappa shape index (κ2) is 5.55. The van der Waals surface area contributed by atoms with Gasteiger partial charge in [0.15, 0.2) is 0 Å². The molecule has 0 atom stereocenters. The first kappa shape index (κ1) is 13.8. The molecule has 0 aromatic heterocycles. The number of methoxy groups -OCH3 is 1. The molecule has 1 aliphatic rings. The number of rotatable bonds is 4. The van der Waals surface area contributed by atoms with Crippen molar-refractivity contribution in [3.63, 3.8) is 0 Å². The first-order valence-corrected chi connectivity index (χ1v) is 6.68. The average molecular weight is 272 g/mol. The molecule has 0 bridgehead atoms. The Hall–Kier alpha value is -0.640. The molecular weight excluding hydrogens is 253 g/mol. The van der Waals surface area contributed by atoms with Crippen LogP contribution in [0.2, 0.25) is 5.02 Å². The molecule has 1 fully saturated rings. The molecule has 1 aliphatic carbocycles. The van der Waals surface area contributed by atoms with Gasteiger partial charge >= 0.3 is 0 Å². The Morgan fingerprint density at radius 2 is 2.06 bits per heavy atom. The van der Waals surface area contributed by atoms with E-state index in [1.807, 2.05) is 6.07 Å². The van der Waals surface area contributed by atoms with Crippen LogP contribution in [0.3, 0.4) is 0 Å². The van der Waals surface area contributed by atoms with Crippen molar-refractivity contribution in [1.29, 1.82) is 0 Å². The average Bonchev–Trinajstić information content (AvgIpc) is 2.83. The van der Waals surface area contributed by atoms with E-state index < -0.39 is 0 Å². The fourth-order valence-electron chi connectivity index (χ4n) is 2.85. The lowest BCUT2D eigenvalue weighted by molar-refractivity contribution is 0.181. The number of ether oxygens (including phenoxy) is 1. The van der Waals surface area contributed by atoms with Crippen LogP contribution < -0.4 is 5.73 Å². The van der Waals surface area contributed by atoms with Crippen molar-refractivity contribution < 1.29 is 9.13 Å². The third-order valence-corrected chi connectivity index (χ3v) is 4.33. The summed E-state index contributed by atoms with van der Waals surface area (Å²) in [5.74, 6) is -0.293. The van der Waals surface area contributed by atoms with Crippen LogP contribution in [0.15, 0.2) is 12.1 Å². The van der Waals surface area contributed by atoms with Crippen molar-refractivity contribution in [2.75, 3.05) is 13.7 Å². The van der Waals surface area contributed by atoms with Gasteiger partial charge in [-0.05, 0) is 30.5 Å². The van der Waals surface area contributed by atoms with Crippen molar-refractivity contribution >= 4 is 11.6 Å². The Morgan fingerprint density at radius 1 is 1.39 bits per heavy atom. The highest BCUT2D eigenvalue weighted by atomic mass is 35.5. The molecule has 2 rings (SSSR count). The highest BCUT2D eigenvalue weighted by Crippen LogP contribution is 2.41. The minimum absolute atomic E-state index is 0.0872. The lowest BCUT2D eigenvalue weighted by Gasteiger charge is -2.28. The molecule has 0 heterocycles. The fourth-order valence-corrected chi connectivity index (χ4v) is 3.12. The van der Waals surface area contributed by atoms with Crippen LogP contribution in [0.25, 0.3) is 0 Å². The van der Waals surface area contributed by atoms with Crippen molar-refractivity contribution in [1.82, 2.24) is 0 Å². The topological polar surface area (TPSA) is 35.2 Å². The summed E-state index contributed by atoms with van der Waals surface area (Å²) in [5.41, 5.74) is 7.18. The van der Waals surface area contributed by atoms with Gasteiger partial charge in [-0.25, -0.2) is 4.39 Å². The van der Waals surface area contributed by atoms with Crippen LogP contribution >= 0.6 is 11.6 Å². The third-order valence-electron chi connectivity index (χ3n) is 3.99. The smallest absolute Gasteiger partial charge is 0.130 e. The van der Waals surface area contributed by atoms with E-state index >= 15 is 0 Å². The minimum Gasteiger partial charge on any atom is -0.380 e. The first-order chi connectivity index (χ1) is 8.63. The van der Waals surface area contributed by atoms with Crippen molar-refractivity contribution in [3.05, 3.63) is 34.1 Å². The molecular formula is C14H19ClFNO. The molecule has 4 heteroatoms. The number of benzene rings is 1. The van der Waals surface area contributed by atoms with E-state index in [4.69, 9.17) is 22.1 Å². The monoisotopic (exact) mass is 271 g/mol. The SMILES string of the molecule is COCc1c(F)cc(C2(CN)CCCC2)cc1Cl. The van der Waals surface area contributed by atoms with Gasteiger partial charge in [0, 0.05) is 29.7 Å². The number of hydrogen-bond donors (Lipinski definition) is 1. The molecule has 0 aliphatic heterocycles. The van der Waals surface area contributed by atoms with E-state index in [0.717, 1.165) is 31.2 Å². The van der Waals surface area contributed by atoms with E-state index in [9.17, 15) is 4.39 Å². The zero-order valence-corrected chi connectivity index (χ0v) is 11.4. The maximum Gasteiger partial charge on any atom is 0.130 e. The van der Waals surface area contributed by atoms with Gasteiger partial charge in [-0.2, -0.15) is 0 Å². The van der Waals surface area contributed by atoms with Crippen LogP contribution in [-0.2, 0) is 16.8 Å². The Labute approximate surface area is 112 Å². The summed E-state index contributed by atoms with van der Waals surface area (Å²) in [7, 11) is 1.53. The molecule has 0 saturated heterocycles. The van der Waals surface area contributed by atoms with Crippen LogP contribution in [0.1, 0.15) is 36.8 Å².